The van der Waals surface area contributed by atoms with Crippen LogP contribution < -0.4 is 18.9 Å². The van der Waals surface area contributed by atoms with E-state index in [1.165, 1.54) is 0 Å². The molecule has 4 aromatic carbocycles. The fourth-order valence-electron chi connectivity index (χ4n) is 5.37. The van der Waals surface area contributed by atoms with Crippen LogP contribution in [0.25, 0.3) is 22.3 Å². The van der Waals surface area contributed by atoms with Gasteiger partial charge >= 0.3 is 6.01 Å². The van der Waals surface area contributed by atoms with Crippen molar-refractivity contribution in [2.24, 2.45) is 0 Å². The molecule has 246 valence electrons. The molecule has 1 aromatic heterocycles. The number of hydrogen-bond donors (Lipinski definition) is 0. The first kappa shape index (κ1) is 31.7. The second kappa shape index (κ2) is 15.8. The highest BCUT2D eigenvalue weighted by Crippen LogP contribution is 2.29. The Morgan fingerprint density at radius 3 is 1.35 bits per heavy atom. The highest BCUT2D eigenvalue weighted by Gasteiger charge is 2.21. The van der Waals surface area contributed by atoms with Gasteiger partial charge < -0.3 is 28.4 Å². The summed E-state index contributed by atoms with van der Waals surface area (Å²) in [5.74, 6) is 3.47. The first-order chi connectivity index (χ1) is 23.7. The Kier molecular flexibility index (Phi) is 10.4. The summed E-state index contributed by atoms with van der Waals surface area (Å²) in [5.41, 5.74) is 4.37. The number of unbranched alkanes of at least 4 members (excludes halogenated alkanes) is 2. The van der Waals surface area contributed by atoms with Gasteiger partial charge in [0.25, 0.3) is 0 Å². The Balaban J connectivity index is 0.870. The van der Waals surface area contributed by atoms with E-state index in [4.69, 9.17) is 28.4 Å². The minimum atomic E-state index is 0.210. The number of hydrogen-bond acceptors (Lipinski definition) is 8. The third-order valence-electron chi connectivity index (χ3n) is 8.31. The predicted molar refractivity (Wildman–Crippen MR) is 184 cm³/mol. The number of ether oxygens (including phenoxy) is 6. The van der Waals surface area contributed by atoms with Crippen LogP contribution >= 0.6 is 0 Å². The van der Waals surface area contributed by atoms with Gasteiger partial charge in [-0.15, -0.1) is 0 Å². The third-order valence-corrected chi connectivity index (χ3v) is 8.31. The van der Waals surface area contributed by atoms with Crippen molar-refractivity contribution >= 4 is 0 Å². The largest absolute Gasteiger partial charge is 0.494 e. The molecule has 2 unspecified atom stereocenters. The summed E-state index contributed by atoms with van der Waals surface area (Å²) in [6.07, 6.45) is 9.23. The third kappa shape index (κ3) is 9.56. The fraction of sp³-hybridized carbons (Fsp3) is 0.300. The molecular formula is C40H40N2O6. The second-order valence-electron chi connectivity index (χ2n) is 12.1. The van der Waals surface area contributed by atoms with Gasteiger partial charge in [-0.05, 0) is 109 Å². The smallest absolute Gasteiger partial charge is 0.325 e. The van der Waals surface area contributed by atoms with Gasteiger partial charge in [0.2, 0.25) is 5.88 Å². The van der Waals surface area contributed by atoms with Gasteiger partial charge in [0.15, 0.2) is 0 Å². The van der Waals surface area contributed by atoms with E-state index in [2.05, 4.69) is 34.2 Å². The molecule has 0 N–H and O–H groups in total. The summed E-state index contributed by atoms with van der Waals surface area (Å²) in [6, 6.07) is 34.0. The maximum absolute atomic E-state index is 6.01. The Morgan fingerprint density at radius 1 is 0.500 bits per heavy atom. The van der Waals surface area contributed by atoms with Crippen LogP contribution in [0, 0.1) is 0 Å². The van der Waals surface area contributed by atoms with E-state index >= 15 is 0 Å². The number of nitrogens with zero attached hydrogens (tertiary/aromatic N) is 2. The molecule has 2 fully saturated rings. The van der Waals surface area contributed by atoms with E-state index in [0.717, 1.165) is 98.7 Å². The van der Waals surface area contributed by atoms with Crippen molar-refractivity contribution in [3.8, 4) is 57.1 Å². The lowest BCUT2D eigenvalue weighted by Gasteiger charge is -2.10. The van der Waals surface area contributed by atoms with E-state index in [0.29, 0.717) is 29.6 Å². The van der Waals surface area contributed by atoms with Crippen molar-refractivity contribution in [2.75, 3.05) is 26.4 Å². The van der Waals surface area contributed by atoms with Crippen LogP contribution in [0.1, 0.15) is 38.5 Å². The van der Waals surface area contributed by atoms with E-state index in [9.17, 15) is 0 Å². The fourth-order valence-corrected chi connectivity index (χ4v) is 5.37. The summed E-state index contributed by atoms with van der Waals surface area (Å²) >= 11 is 0. The molecule has 5 aromatic rings. The van der Waals surface area contributed by atoms with Gasteiger partial charge in [0.1, 0.15) is 23.0 Å². The van der Waals surface area contributed by atoms with Crippen LogP contribution in [0.5, 0.6) is 34.9 Å². The minimum absolute atomic E-state index is 0.210. The average molecular weight is 645 g/mol. The van der Waals surface area contributed by atoms with Gasteiger partial charge in [-0.2, -0.15) is 4.98 Å². The Bertz CT molecular complexity index is 1590. The van der Waals surface area contributed by atoms with Crippen LogP contribution in [0.2, 0.25) is 0 Å². The monoisotopic (exact) mass is 644 g/mol. The Labute approximate surface area is 281 Å². The molecule has 8 nitrogen and oxygen atoms in total. The normalized spacial score (nSPS) is 16.2. The highest BCUT2D eigenvalue weighted by atomic mass is 16.6. The Morgan fingerprint density at radius 2 is 0.917 bits per heavy atom. The maximum atomic E-state index is 6.01. The van der Waals surface area contributed by atoms with Crippen LogP contribution in [-0.4, -0.2) is 48.6 Å². The molecule has 0 bridgehead atoms. The standard InChI is InChI=1S/C40H40N2O6/c1(5-37-27-45-37)3-25-43-33-15-7-29(8-16-33)31-11-19-35(20-12-31)47-39-23-24-41-40(42-39)48-36-21-13-32(14-22-36)30-9-17-34(18-10-30)44-26-4-2-6-38-28-46-38/h7-24,37-38H,1-6,25-28H2. The summed E-state index contributed by atoms with van der Waals surface area (Å²) in [5, 5.41) is 0. The molecule has 2 aliphatic heterocycles. The molecule has 0 radical (unpaired) electrons. The quantitative estimate of drug-likeness (QED) is 0.0689. The van der Waals surface area contributed by atoms with Gasteiger partial charge in [-0.25, -0.2) is 4.98 Å². The van der Waals surface area contributed by atoms with Crippen LogP contribution in [-0.2, 0) is 9.47 Å². The number of aromatic nitrogens is 2. The van der Waals surface area contributed by atoms with E-state index < -0.39 is 0 Å². The molecule has 0 spiro atoms. The zero-order valence-corrected chi connectivity index (χ0v) is 27.0. The lowest BCUT2D eigenvalue weighted by Crippen LogP contribution is -1.98. The number of rotatable bonds is 18. The van der Waals surface area contributed by atoms with E-state index in [-0.39, 0.29) is 6.01 Å². The molecule has 3 heterocycles. The number of epoxide rings is 2. The van der Waals surface area contributed by atoms with Gasteiger partial charge in [0, 0.05) is 12.3 Å². The second-order valence-corrected chi connectivity index (χ2v) is 12.1. The summed E-state index contributed by atoms with van der Waals surface area (Å²) in [4.78, 5) is 8.71. The Hall–Kier alpha value is -4.92. The van der Waals surface area contributed by atoms with Crippen molar-refractivity contribution < 1.29 is 28.4 Å². The van der Waals surface area contributed by atoms with Crippen molar-refractivity contribution in [3.63, 3.8) is 0 Å². The molecule has 0 amide bonds. The van der Waals surface area contributed by atoms with Crippen LogP contribution in [0.4, 0.5) is 0 Å². The highest BCUT2D eigenvalue weighted by molar-refractivity contribution is 5.66. The van der Waals surface area contributed by atoms with Gasteiger partial charge in [0.05, 0.1) is 38.6 Å². The summed E-state index contributed by atoms with van der Waals surface area (Å²) < 4.78 is 34.2. The molecule has 0 saturated carbocycles. The van der Waals surface area contributed by atoms with Gasteiger partial charge in [-0.3, -0.25) is 0 Å². The summed E-state index contributed by atoms with van der Waals surface area (Å²) in [6.45, 7) is 3.30. The molecule has 2 atom stereocenters. The van der Waals surface area contributed by atoms with Crippen LogP contribution in [0.3, 0.4) is 0 Å². The van der Waals surface area contributed by atoms with Crippen molar-refractivity contribution in [1.82, 2.24) is 9.97 Å². The predicted octanol–water partition coefficient (Wildman–Crippen LogP) is 9.29. The molecule has 2 aliphatic rings. The first-order valence-corrected chi connectivity index (χ1v) is 16.8. The average Bonchev–Trinajstić information content (AvgIpc) is 4.07. The lowest BCUT2D eigenvalue weighted by atomic mass is 10.1. The van der Waals surface area contributed by atoms with Crippen LogP contribution in [0.15, 0.2) is 109 Å². The van der Waals surface area contributed by atoms with E-state index in [1.807, 2.05) is 72.8 Å². The molecule has 7 rings (SSSR count). The molecule has 48 heavy (non-hydrogen) atoms. The first-order valence-electron chi connectivity index (χ1n) is 16.8. The summed E-state index contributed by atoms with van der Waals surface area (Å²) in [7, 11) is 0. The minimum Gasteiger partial charge on any atom is -0.494 e. The molecule has 2 saturated heterocycles. The molecular weight excluding hydrogens is 604 g/mol. The zero-order chi connectivity index (χ0) is 32.4. The molecule has 8 heteroatoms. The lowest BCUT2D eigenvalue weighted by molar-refractivity contribution is 0.299. The topological polar surface area (TPSA) is 87.8 Å². The van der Waals surface area contributed by atoms with Gasteiger partial charge in [-0.1, -0.05) is 48.5 Å². The maximum Gasteiger partial charge on any atom is 0.325 e. The molecule has 0 aliphatic carbocycles. The van der Waals surface area contributed by atoms with Crippen molar-refractivity contribution in [3.05, 3.63) is 109 Å². The zero-order valence-electron chi connectivity index (χ0n) is 27.0. The van der Waals surface area contributed by atoms with Crippen molar-refractivity contribution in [1.29, 1.82) is 0 Å². The SMILES string of the molecule is c1cc(Oc2ccc(-c3ccc(OCCCCC4CO4)cc3)cc2)nc(Oc2ccc(-c3ccc(OCCCCC4CO4)cc3)cc2)n1. The van der Waals surface area contributed by atoms with E-state index in [1.54, 1.807) is 12.3 Å². The van der Waals surface area contributed by atoms with Crippen molar-refractivity contribution in [2.45, 2.75) is 50.7 Å². The number of benzene rings is 4.